The maximum Gasteiger partial charge on any atom is 0.322 e. The lowest BCUT2D eigenvalue weighted by Gasteiger charge is -2.27. The molecule has 7 heteroatoms. The van der Waals surface area contributed by atoms with E-state index < -0.39 is 5.82 Å². The average molecular weight is 414 g/mol. The predicted octanol–water partition coefficient (Wildman–Crippen LogP) is 5.35. The molecule has 3 aromatic rings. The Labute approximate surface area is 172 Å². The molecule has 1 N–H and O–H groups in total. The van der Waals surface area contributed by atoms with Crippen molar-refractivity contribution in [3.8, 4) is 0 Å². The van der Waals surface area contributed by atoms with Crippen molar-refractivity contribution in [2.45, 2.75) is 31.8 Å². The second-order valence-electron chi connectivity index (χ2n) is 7.42. The quantitative estimate of drug-likeness (QED) is 0.626. The highest BCUT2D eigenvalue weighted by atomic mass is 35.5. The van der Waals surface area contributed by atoms with E-state index in [1.54, 1.807) is 16.5 Å². The number of pyridine rings is 1. The van der Waals surface area contributed by atoms with E-state index in [9.17, 15) is 14.0 Å². The lowest BCUT2D eigenvalue weighted by Crippen LogP contribution is -2.34. The zero-order valence-corrected chi connectivity index (χ0v) is 16.9. The molecule has 1 aliphatic carbocycles. The van der Waals surface area contributed by atoms with Crippen LogP contribution in [0.5, 0.6) is 0 Å². The molecule has 0 unspecified atom stereocenters. The van der Waals surface area contributed by atoms with Crippen molar-refractivity contribution >= 4 is 34.1 Å². The number of amides is 2. The monoisotopic (exact) mass is 413 g/mol. The van der Waals surface area contributed by atoms with E-state index in [-0.39, 0.29) is 28.7 Å². The van der Waals surface area contributed by atoms with Gasteiger partial charge in [-0.25, -0.2) is 9.18 Å². The van der Waals surface area contributed by atoms with Crippen molar-refractivity contribution in [3.05, 3.63) is 75.4 Å². The van der Waals surface area contributed by atoms with Crippen molar-refractivity contribution in [3.63, 3.8) is 0 Å². The summed E-state index contributed by atoms with van der Waals surface area (Å²) in [5.41, 5.74) is 1.32. The molecule has 29 heavy (non-hydrogen) atoms. The molecule has 1 heterocycles. The highest BCUT2D eigenvalue weighted by Gasteiger charge is 2.28. The summed E-state index contributed by atoms with van der Waals surface area (Å²) in [7, 11) is 1.69. The zero-order valence-electron chi connectivity index (χ0n) is 16.2. The number of aromatic nitrogens is 1. The molecular formula is C22H21ClFN3O2. The van der Waals surface area contributed by atoms with E-state index in [1.807, 2.05) is 37.4 Å². The number of carbonyl (C=O) groups is 1. The topological polar surface area (TPSA) is 54.3 Å². The van der Waals surface area contributed by atoms with Crippen molar-refractivity contribution in [2.75, 3.05) is 12.4 Å². The summed E-state index contributed by atoms with van der Waals surface area (Å²) in [5.74, 6) is -0.541. The number of anilines is 1. The summed E-state index contributed by atoms with van der Waals surface area (Å²) in [6, 6.07) is 11.1. The second kappa shape index (κ2) is 7.52. The number of carbonyl (C=O) groups excluding carboxylic acids is 1. The minimum atomic E-state index is -0.541. The summed E-state index contributed by atoms with van der Waals surface area (Å²) in [5, 5.41) is 4.18. The van der Waals surface area contributed by atoms with Crippen LogP contribution in [0.15, 0.2) is 53.5 Å². The van der Waals surface area contributed by atoms with Crippen molar-refractivity contribution in [1.29, 1.82) is 0 Å². The van der Waals surface area contributed by atoms with Crippen molar-refractivity contribution in [2.24, 2.45) is 0 Å². The molecule has 2 aromatic carbocycles. The lowest BCUT2D eigenvalue weighted by molar-refractivity contribution is 0.208. The molecule has 1 saturated carbocycles. The Bertz CT molecular complexity index is 1160. The Balaban J connectivity index is 1.66. The van der Waals surface area contributed by atoms with Gasteiger partial charge in [0.15, 0.2) is 0 Å². The third-order valence-corrected chi connectivity index (χ3v) is 5.73. The molecule has 2 amide bonds. The summed E-state index contributed by atoms with van der Waals surface area (Å²) in [4.78, 5) is 27.1. The SMILES string of the molecule is C[C@@H](c1cn(C2CC2)c(=O)c2ccccc12)N(C)C(=O)Nc1ccc(F)c(Cl)c1. The van der Waals surface area contributed by atoms with Crippen molar-refractivity contribution < 1.29 is 9.18 Å². The van der Waals surface area contributed by atoms with Crippen LogP contribution in [0.3, 0.4) is 0 Å². The van der Waals surface area contributed by atoms with Crippen LogP contribution in [0.2, 0.25) is 5.02 Å². The number of hydrogen-bond donors (Lipinski definition) is 1. The highest BCUT2D eigenvalue weighted by Crippen LogP contribution is 2.36. The molecule has 0 bridgehead atoms. The third kappa shape index (κ3) is 3.72. The van der Waals surface area contributed by atoms with Crippen LogP contribution in [0.4, 0.5) is 14.9 Å². The van der Waals surface area contributed by atoms with E-state index >= 15 is 0 Å². The number of nitrogens with one attached hydrogen (secondary N) is 1. The minimum Gasteiger partial charge on any atom is -0.321 e. The molecule has 1 aromatic heterocycles. The van der Waals surface area contributed by atoms with E-state index in [1.165, 1.54) is 18.2 Å². The summed E-state index contributed by atoms with van der Waals surface area (Å²) < 4.78 is 15.1. The van der Waals surface area contributed by atoms with E-state index in [4.69, 9.17) is 11.6 Å². The fourth-order valence-corrected chi connectivity index (χ4v) is 3.65. The Morgan fingerprint density at radius 2 is 1.93 bits per heavy atom. The van der Waals surface area contributed by atoms with Gasteiger partial charge in [-0.3, -0.25) is 4.79 Å². The number of rotatable bonds is 4. The fourth-order valence-electron chi connectivity index (χ4n) is 3.47. The van der Waals surface area contributed by atoms with E-state index in [0.29, 0.717) is 11.1 Å². The molecule has 1 aliphatic rings. The standard InChI is InChI=1S/C22H21ClFN3O2/c1-13(26(2)22(29)25-14-7-10-20(24)19(23)11-14)18-12-27(15-8-9-15)21(28)17-6-4-3-5-16(17)18/h3-7,10-13,15H,8-9H2,1-2H3,(H,25,29)/t13-/m0/s1. The number of fused-ring (bicyclic) bond motifs is 1. The summed E-state index contributed by atoms with van der Waals surface area (Å²) in [6.07, 6.45) is 3.87. The van der Waals surface area contributed by atoms with Crippen molar-refractivity contribution in [1.82, 2.24) is 9.47 Å². The highest BCUT2D eigenvalue weighted by molar-refractivity contribution is 6.31. The van der Waals surface area contributed by atoms with E-state index in [0.717, 1.165) is 23.8 Å². The van der Waals surface area contributed by atoms with Gasteiger partial charge in [-0.2, -0.15) is 0 Å². The van der Waals surface area contributed by atoms with Gasteiger partial charge in [0.1, 0.15) is 5.82 Å². The largest absolute Gasteiger partial charge is 0.322 e. The molecule has 1 atom stereocenters. The molecule has 0 radical (unpaired) electrons. The molecule has 150 valence electrons. The van der Waals surface area contributed by atoms with Gasteiger partial charge < -0.3 is 14.8 Å². The van der Waals surface area contributed by atoms with Crippen LogP contribution < -0.4 is 10.9 Å². The smallest absolute Gasteiger partial charge is 0.321 e. The number of halogens is 2. The zero-order chi connectivity index (χ0) is 20.7. The van der Waals surface area contributed by atoms with Gasteiger partial charge in [-0.05, 0) is 55.0 Å². The Morgan fingerprint density at radius 3 is 2.59 bits per heavy atom. The second-order valence-corrected chi connectivity index (χ2v) is 7.83. The van der Waals surface area contributed by atoms with Gasteiger partial charge in [0.05, 0.1) is 11.1 Å². The normalized spacial score (nSPS) is 14.6. The Hall–Kier alpha value is -2.86. The van der Waals surface area contributed by atoms with Gasteiger partial charge >= 0.3 is 6.03 Å². The minimum absolute atomic E-state index is 0.00658. The van der Waals surface area contributed by atoms with E-state index in [2.05, 4.69) is 5.32 Å². The first-order valence-corrected chi connectivity index (χ1v) is 9.87. The Kier molecular flexibility index (Phi) is 5.04. The lowest BCUT2D eigenvalue weighted by atomic mass is 10.0. The molecule has 0 aliphatic heterocycles. The van der Waals surface area contributed by atoms with Crippen LogP contribution in [-0.2, 0) is 0 Å². The molecule has 4 rings (SSSR count). The summed E-state index contributed by atoms with van der Waals surface area (Å²) in [6.45, 7) is 1.92. The Morgan fingerprint density at radius 1 is 1.24 bits per heavy atom. The van der Waals surface area contributed by atoms with Crippen LogP contribution in [-0.4, -0.2) is 22.5 Å². The molecule has 5 nitrogen and oxygen atoms in total. The first-order chi connectivity index (χ1) is 13.9. The maximum absolute atomic E-state index is 13.4. The average Bonchev–Trinajstić information content (AvgIpc) is 3.55. The third-order valence-electron chi connectivity index (χ3n) is 5.44. The fraction of sp³-hybridized carbons (Fsp3) is 0.273. The summed E-state index contributed by atoms with van der Waals surface area (Å²) >= 11 is 5.80. The number of nitrogens with zero attached hydrogens (tertiary/aromatic N) is 2. The first-order valence-electron chi connectivity index (χ1n) is 9.49. The molecule has 0 saturated heterocycles. The van der Waals surface area contributed by atoms with Crippen LogP contribution >= 0.6 is 11.6 Å². The van der Waals surface area contributed by atoms with Gasteiger partial charge in [-0.1, -0.05) is 29.8 Å². The van der Waals surface area contributed by atoms with Gasteiger partial charge in [0.25, 0.3) is 5.56 Å². The number of urea groups is 1. The predicted molar refractivity (Wildman–Crippen MR) is 113 cm³/mol. The van der Waals surface area contributed by atoms with Gasteiger partial charge in [0, 0.05) is 30.4 Å². The molecule has 1 fully saturated rings. The van der Waals surface area contributed by atoms with Gasteiger partial charge in [-0.15, -0.1) is 0 Å². The first kappa shape index (κ1) is 19.5. The van der Waals surface area contributed by atoms with Crippen LogP contribution in [0.25, 0.3) is 10.8 Å². The number of benzene rings is 2. The molecule has 0 spiro atoms. The van der Waals surface area contributed by atoms with Crippen LogP contribution in [0.1, 0.15) is 37.4 Å². The maximum atomic E-state index is 13.4. The number of hydrogen-bond acceptors (Lipinski definition) is 2. The van der Waals surface area contributed by atoms with Gasteiger partial charge in [0.2, 0.25) is 0 Å². The molecular weight excluding hydrogens is 393 g/mol. The van der Waals surface area contributed by atoms with Crippen LogP contribution in [0, 0.1) is 5.82 Å².